The van der Waals surface area contributed by atoms with Gasteiger partial charge in [0.1, 0.15) is 0 Å². The van der Waals surface area contributed by atoms with Crippen LogP contribution in [0, 0.1) is 0 Å². The van der Waals surface area contributed by atoms with Crippen LogP contribution in [0.15, 0.2) is 0 Å². The predicted molar refractivity (Wildman–Crippen MR) is 73.0 cm³/mol. The van der Waals surface area contributed by atoms with Crippen LogP contribution in [0.3, 0.4) is 0 Å². The average Bonchev–Trinajstić information content (AvgIpc) is 2.19. The van der Waals surface area contributed by atoms with Crippen molar-refractivity contribution in [1.29, 1.82) is 0 Å². The zero-order valence-corrected chi connectivity index (χ0v) is 17.4. The van der Waals surface area contributed by atoms with E-state index in [4.69, 9.17) is 0 Å². The van der Waals surface area contributed by atoms with Gasteiger partial charge < -0.3 is 0 Å². The molecule has 0 aliphatic carbocycles. The molecule has 0 rings (SSSR count). The molecule has 1 unspecified atom stereocenters. The van der Waals surface area contributed by atoms with Crippen molar-refractivity contribution in [3.63, 3.8) is 0 Å². The molecule has 0 aromatic rings. The number of hydrogen-bond acceptors (Lipinski definition) is 3. The van der Waals surface area contributed by atoms with E-state index in [1.54, 1.807) is 4.90 Å². The Kier molecular flexibility index (Phi) is 11.8. The molecule has 6 heteroatoms. The molecule has 0 saturated heterocycles. The maximum absolute atomic E-state index is 11.9. The fourth-order valence-corrected chi connectivity index (χ4v) is 14.5. The molecular formula is C11H27GeNNaO2P. The Bertz CT molecular complexity index is 239. The Morgan fingerprint density at radius 2 is 1.53 bits per heavy atom. The minimum absolute atomic E-state index is 0. The van der Waals surface area contributed by atoms with E-state index >= 15 is 0 Å². The standard InChI is InChI=1S/C11H28GeNO2P.Na/c1-6-12(7-2,8-3)9-10-16(14,15)11-13(4)5;/h6-11H2,1-5H3,(H,14,15);/q;+1/p-1. The van der Waals surface area contributed by atoms with Crippen LogP contribution in [0.25, 0.3) is 0 Å². The quantitative estimate of drug-likeness (QED) is 0.451. The Hall–Kier alpha value is 1.69. The van der Waals surface area contributed by atoms with Gasteiger partial charge in [0.2, 0.25) is 0 Å². The normalized spacial score (nSPS) is 15.5. The van der Waals surface area contributed by atoms with Gasteiger partial charge in [0.15, 0.2) is 0 Å². The molecule has 0 aliphatic rings. The summed E-state index contributed by atoms with van der Waals surface area (Å²) in [6, 6.07) is 0. The number of rotatable bonds is 8. The third kappa shape index (κ3) is 8.46. The van der Waals surface area contributed by atoms with Gasteiger partial charge in [0.05, 0.1) is 0 Å². The summed E-state index contributed by atoms with van der Waals surface area (Å²) in [5.41, 5.74) is 0. The number of nitrogens with zero attached hydrogens (tertiary/aromatic N) is 1. The van der Waals surface area contributed by atoms with E-state index in [9.17, 15) is 9.46 Å². The van der Waals surface area contributed by atoms with E-state index < -0.39 is 20.6 Å². The van der Waals surface area contributed by atoms with E-state index in [1.807, 2.05) is 14.1 Å². The SMILES string of the molecule is C[CH2][Ge]([CH2]C)([CH2]C)[CH2]CP(=O)([O-])CN(C)C.[Na+]. The molecule has 0 aromatic heterocycles. The second kappa shape index (κ2) is 9.57. The summed E-state index contributed by atoms with van der Waals surface area (Å²) in [5.74, 6) is 0. The van der Waals surface area contributed by atoms with E-state index in [-0.39, 0.29) is 35.8 Å². The van der Waals surface area contributed by atoms with Crippen molar-refractivity contribution in [2.45, 2.75) is 41.8 Å². The van der Waals surface area contributed by atoms with Gasteiger partial charge in [-0.25, -0.2) is 0 Å². The maximum atomic E-state index is 11.9. The van der Waals surface area contributed by atoms with Gasteiger partial charge in [-0.2, -0.15) is 0 Å². The molecule has 0 aromatic carbocycles. The Morgan fingerprint density at radius 1 is 1.12 bits per heavy atom. The average molecular weight is 332 g/mol. The summed E-state index contributed by atoms with van der Waals surface area (Å²) < 4.78 is 11.9. The first kappa shape index (κ1) is 21.0. The van der Waals surface area contributed by atoms with Crippen molar-refractivity contribution in [3.05, 3.63) is 0 Å². The molecule has 1 atom stereocenters. The van der Waals surface area contributed by atoms with Crippen LogP contribution < -0.4 is 34.5 Å². The van der Waals surface area contributed by atoms with Crippen LogP contribution in [0.4, 0.5) is 0 Å². The zero-order valence-electron chi connectivity index (χ0n) is 12.5. The van der Waals surface area contributed by atoms with Crippen molar-refractivity contribution in [3.8, 4) is 0 Å². The van der Waals surface area contributed by atoms with Crippen LogP contribution in [0.5, 0.6) is 0 Å². The third-order valence-corrected chi connectivity index (χ3v) is 18.7. The maximum Gasteiger partial charge on any atom is 1.00 e. The summed E-state index contributed by atoms with van der Waals surface area (Å²) in [6.07, 6.45) is 0.656. The summed E-state index contributed by atoms with van der Waals surface area (Å²) >= 11 is -1.79. The monoisotopic (exact) mass is 333 g/mol. The summed E-state index contributed by atoms with van der Waals surface area (Å²) in [6.45, 7) is 6.73. The minimum Gasteiger partial charge on any atom is 1.00 e. The topological polar surface area (TPSA) is 43.4 Å². The fourth-order valence-electron chi connectivity index (χ4n) is 2.19. The first-order chi connectivity index (χ1) is 7.31. The molecule has 0 spiro atoms. The van der Waals surface area contributed by atoms with Gasteiger partial charge in [-0.1, -0.05) is 0 Å². The fraction of sp³-hybridized carbons (Fsp3) is 1.00. The molecule has 3 nitrogen and oxygen atoms in total. The van der Waals surface area contributed by atoms with Crippen molar-refractivity contribution < 1.29 is 39.0 Å². The molecule has 0 bridgehead atoms. The van der Waals surface area contributed by atoms with Gasteiger partial charge in [0.25, 0.3) is 0 Å². The van der Waals surface area contributed by atoms with Crippen molar-refractivity contribution in [2.24, 2.45) is 0 Å². The van der Waals surface area contributed by atoms with E-state index in [1.165, 1.54) is 15.8 Å². The molecule has 0 saturated carbocycles. The zero-order chi connectivity index (χ0) is 12.8. The van der Waals surface area contributed by atoms with Crippen LogP contribution in [-0.4, -0.2) is 44.7 Å². The first-order valence-electron chi connectivity index (χ1n) is 6.24. The van der Waals surface area contributed by atoms with E-state index in [2.05, 4.69) is 20.8 Å². The summed E-state index contributed by atoms with van der Waals surface area (Å²) in [7, 11) is 0.474. The second-order valence-electron chi connectivity index (χ2n) is 5.07. The first-order valence-corrected chi connectivity index (χ1v) is 14.2. The van der Waals surface area contributed by atoms with E-state index in [0.29, 0.717) is 6.16 Å². The third-order valence-electron chi connectivity index (χ3n) is 3.73. The van der Waals surface area contributed by atoms with E-state index in [0.717, 1.165) is 5.25 Å². The Morgan fingerprint density at radius 3 is 1.82 bits per heavy atom. The van der Waals surface area contributed by atoms with Crippen molar-refractivity contribution >= 4 is 20.6 Å². The minimum atomic E-state index is -3.16. The summed E-state index contributed by atoms with van der Waals surface area (Å²) in [4.78, 5) is 13.6. The van der Waals surface area contributed by atoms with Crippen LogP contribution in [0.2, 0.25) is 21.0 Å². The van der Waals surface area contributed by atoms with Crippen LogP contribution in [0.1, 0.15) is 20.8 Å². The van der Waals surface area contributed by atoms with Gasteiger partial charge in [-0.05, 0) is 0 Å². The van der Waals surface area contributed by atoms with Crippen molar-refractivity contribution in [1.82, 2.24) is 4.90 Å². The molecule has 17 heavy (non-hydrogen) atoms. The van der Waals surface area contributed by atoms with Gasteiger partial charge in [-0.15, -0.1) is 0 Å². The largest absolute Gasteiger partial charge is 1.00 e. The molecule has 0 amide bonds. The van der Waals surface area contributed by atoms with Crippen molar-refractivity contribution in [2.75, 3.05) is 26.5 Å². The molecule has 0 N–H and O–H groups in total. The summed E-state index contributed by atoms with van der Waals surface area (Å²) in [5, 5.41) is 4.77. The van der Waals surface area contributed by atoms with Gasteiger partial charge in [0, 0.05) is 0 Å². The smallest absolute Gasteiger partial charge is 1.00 e. The Labute approximate surface area is 132 Å². The molecule has 98 valence electrons. The molecular weight excluding hydrogens is 305 g/mol. The molecule has 0 fully saturated rings. The van der Waals surface area contributed by atoms with Gasteiger partial charge >= 0.3 is 133 Å². The van der Waals surface area contributed by atoms with Gasteiger partial charge in [-0.3, -0.25) is 0 Å². The molecule has 0 aliphatic heterocycles. The van der Waals surface area contributed by atoms with Crippen LogP contribution in [-0.2, 0) is 4.57 Å². The van der Waals surface area contributed by atoms with Crippen LogP contribution >= 0.6 is 7.37 Å². The second-order valence-corrected chi connectivity index (χ2v) is 19.2. The molecule has 0 radical (unpaired) electrons. The predicted octanol–water partition coefficient (Wildman–Crippen LogP) is -0.344. The molecule has 0 heterocycles. The Balaban J connectivity index is 0. The number of hydrogen-bond donors (Lipinski definition) is 0.